The number of carbonyl (C=O) groups excluding carboxylic acids is 1. The summed E-state index contributed by atoms with van der Waals surface area (Å²) >= 11 is 0. The number of amides is 1. The molecule has 60 valence electrons. The zero-order chi connectivity index (χ0) is 8.57. The van der Waals surface area contributed by atoms with Gasteiger partial charge in [-0.1, -0.05) is 6.58 Å². The maximum atomic E-state index is 9.47. The summed E-state index contributed by atoms with van der Waals surface area (Å²) in [5.41, 5.74) is 4.53. The van der Waals surface area contributed by atoms with Crippen LogP contribution in [0.15, 0.2) is 12.7 Å². The highest BCUT2D eigenvalue weighted by Gasteiger charge is 1.86. The van der Waals surface area contributed by atoms with Crippen LogP contribution in [0.5, 0.6) is 0 Å². The molecule has 1 amide bonds. The molecule has 0 spiro atoms. The molecule has 6 heteroatoms. The summed E-state index contributed by atoms with van der Waals surface area (Å²) in [6.45, 7) is 3.09. The number of hydrogen-bond donors (Lipinski definition) is 3. The van der Waals surface area contributed by atoms with Gasteiger partial charge < -0.3 is 20.0 Å². The van der Waals surface area contributed by atoms with Gasteiger partial charge in [0.15, 0.2) is 0 Å². The van der Waals surface area contributed by atoms with Crippen molar-refractivity contribution in [1.82, 2.24) is 0 Å². The highest BCUT2D eigenvalue weighted by Crippen LogP contribution is 2.20. The minimum atomic E-state index is -2.10. The van der Waals surface area contributed by atoms with Gasteiger partial charge in [-0.25, -0.2) is 0 Å². The summed E-state index contributed by atoms with van der Waals surface area (Å²) in [4.78, 5) is 25.0. The normalized spacial score (nSPS) is 8.00. The molecule has 4 N–H and O–H groups in total. The van der Waals surface area contributed by atoms with Gasteiger partial charge >= 0.3 is 8.60 Å². The van der Waals surface area contributed by atoms with Gasteiger partial charge in [-0.05, 0) is 6.08 Å². The Morgan fingerprint density at radius 3 is 2.00 bits per heavy atom. The lowest BCUT2D eigenvalue weighted by Crippen LogP contribution is -2.04. The Labute approximate surface area is 60.1 Å². The minimum absolute atomic E-state index is 0.481. The molecule has 10 heavy (non-hydrogen) atoms. The molecule has 0 rings (SSSR count). The third-order valence-corrected chi connectivity index (χ3v) is 0.691. The first-order chi connectivity index (χ1) is 4.54. The largest absolute Gasteiger partial charge is 0.366 e. The molecule has 5 nitrogen and oxygen atoms in total. The summed E-state index contributed by atoms with van der Waals surface area (Å²) in [6, 6.07) is 0. The second-order valence-electron chi connectivity index (χ2n) is 1.04. The van der Waals surface area contributed by atoms with Crippen molar-refractivity contribution in [2.75, 3.05) is 7.11 Å². The molecule has 0 fully saturated rings. The molecular weight excluding hydrogens is 157 g/mol. The minimum Gasteiger partial charge on any atom is -0.366 e. The lowest BCUT2D eigenvalue weighted by atomic mass is 10.6. The van der Waals surface area contributed by atoms with Crippen LogP contribution in [0.2, 0.25) is 0 Å². The maximum absolute atomic E-state index is 9.47. The monoisotopic (exact) mass is 167 g/mol. The smallest absolute Gasteiger partial charge is 0.326 e. The number of hydrogen-bond acceptors (Lipinski definition) is 4. The van der Waals surface area contributed by atoms with Crippen LogP contribution in [-0.2, 0) is 9.32 Å². The molecule has 0 atom stereocenters. The van der Waals surface area contributed by atoms with Crippen LogP contribution in [0.25, 0.3) is 0 Å². The van der Waals surface area contributed by atoms with Crippen molar-refractivity contribution >= 4 is 14.5 Å². The molecular formula is C4H10NO4P. The second kappa shape index (κ2) is 8.52. The van der Waals surface area contributed by atoms with Crippen molar-refractivity contribution in [3.05, 3.63) is 12.7 Å². The van der Waals surface area contributed by atoms with E-state index in [0.717, 1.165) is 6.08 Å². The van der Waals surface area contributed by atoms with Gasteiger partial charge in [0.25, 0.3) is 0 Å². The van der Waals surface area contributed by atoms with Crippen LogP contribution < -0.4 is 5.73 Å². The van der Waals surface area contributed by atoms with Crippen LogP contribution in [-0.4, -0.2) is 22.8 Å². The number of rotatable bonds is 2. The second-order valence-corrected chi connectivity index (χ2v) is 1.91. The lowest BCUT2D eigenvalue weighted by Gasteiger charge is -1.89. The van der Waals surface area contributed by atoms with Gasteiger partial charge in [0, 0.05) is 7.11 Å². The molecule has 0 aromatic rings. The van der Waals surface area contributed by atoms with Crippen molar-refractivity contribution in [2.45, 2.75) is 0 Å². The van der Waals surface area contributed by atoms with E-state index in [-0.39, 0.29) is 0 Å². The van der Waals surface area contributed by atoms with Crippen LogP contribution in [0.3, 0.4) is 0 Å². The molecule has 0 bridgehead atoms. The van der Waals surface area contributed by atoms with E-state index in [9.17, 15) is 4.79 Å². The summed E-state index contributed by atoms with van der Waals surface area (Å²) in [5.74, 6) is -0.481. The van der Waals surface area contributed by atoms with Crippen molar-refractivity contribution in [1.29, 1.82) is 0 Å². The predicted molar refractivity (Wildman–Crippen MR) is 37.8 cm³/mol. The fourth-order valence-electron chi connectivity index (χ4n) is 0. The van der Waals surface area contributed by atoms with E-state index < -0.39 is 14.5 Å². The number of carbonyl (C=O) groups is 1. The Morgan fingerprint density at radius 1 is 1.80 bits per heavy atom. The summed E-state index contributed by atoms with van der Waals surface area (Å²) in [7, 11) is -0.870. The van der Waals surface area contributed by atoms with Crippen LogP contribution in [0, 0.1) is 0 Å². The van der Waals surface area contributed by atoms with Crippen LogP contribution >= 0.6 is 8.60 Å². The summed E-state index contributed by atoms with van der Waals surface area (Å²) < 4.78 is 3.93. The number of nitrogens with two attached hydrogens (primary N) is 1. The zero-order valence-corrected chi connectivity index (χ0v) is 6.41. The standard InChI is InChI=1S/C3H5NO.CH5O3P/c1-2-3(4)5;1-4-5(2)3/h2H,1H2,(H2,4,5);2-3H,1H3. The Bertz CT molecular complexity index is 105. The lowest BCUT2D eigenvalue weighted by molar-refractivity contribution is -0.113. The zero-order valence-electron chi connectivity index (χ0n) is 5.52. The molecule has 0 aliphatic carbocycles. The molecule has 0 saturated heterocycles. The fourth-order valence-corrected chi connectivity index (χ4v) is 0. The Kier molecular flexibility index (Phi) is 10.4. The average Bonchev–Trinajstić information content (AvgIpc) is 1.89. The SMILES string of the molecule is C=CC(N)=O.COP(O)O. The first-order valence-electron chi connectivity index (χ1n) is 2.18. The van der Waals surface area contributed by atoms with Crippen molar-refractivity contribution in [3.8, 4) is 0 Å². The maximum Gasteiger partial charge on any atom is 0.326 e. The Morgan fingerprint density at radius 2 is 2.00 bits per heavy atom. The fraction of sp³-hybridized carbons (Fsp3) is 0.250. The third-order valence-electron chi connectivity index (χ3n) is 0.364. The molecule has 0 saturated carbocycles. The van der Waals surface area contributed by atoms with E-state index >= 15 is 0 Å². The highest BCUT2D eigenvalue weighted by atomic mass is 31.2. The van der Waals surface area contributed by atoms with E-state index in [1.165, 1.54) is 7.11 Å². The molecule has 0 aliphatic heterocycles. The van der Waals surface area contributed by atoms with Crippen LogP contribution in [0.1, 0.15) is 0 Å². The summed E-state index contributed by atoms with van der Waals surface area (Å²) in [5, 5.41) is 0. The van der Waals surface area contributed by atoms with Gasteiger partial charge in [-0.3, -0.25) is 4.79 Å². The van der Waals surface area contributed by atoms with Gasteiger partial charge in [-0.2, -0.15) is 0 Å². The van der Waals surface area contributed by atoms with Crippen molar-refractivity contribution in [2.24, 2.45) is 5.73 Å². The topological polar surface area (TPSA) is 92.8 Å². The Balaban J connectivity index is 0. The first-order valence-corrected chi connectivity index (χ1v) is 3.35. The first kappa shape index (κ1) is 12.2. The quantitative estimate of drug-likeness (QED) is 0.382. The molecule has 0 radical (unpaired) electrons. The summed E-state index contributed by atoms with van der Waals surface area (Å²) in [6.07, 6.45) is 1.06. The van der Waals surface area contributed by atoms with E-state index in [1.807, 2.05) is 0 Å². The van der Waals surface area contributed by atoms with E-state index in [2.05, 4.69) is 16.8 Å². The van der Waals surface area contributed by atoms with Crippen molar-refractivity contribution < 1.29 is 19.1 Å². The van der Waals surface area contributed by atoms with Gasteiger partial charge in [0.2, 0.25) is 5.91 Å². The van der Waals surface area contributed by atoms with E-state index in [1.54, 1.807) is 0 Å². The molecule has 0 heterocycles. The van der Waals surface area contributed by atoms with Crippen molar-refractivity contribution in [3.63, 3.8) is 0 Å². The molecule has 0 aliphatic rings. The van der Waals surface area contributed by atoms with Gasteiger partial charge in [-0.15, -0.1) is 0 Å². The van der Waals surface area contributed by atoms with Gasteiger partial charge in [0.1, 0.15) is 0 Å². The van der Waals surface area contributed by atoms with Gasteiger partial charge in [0.05, 0.1) is 0 Å². The molecule has 0 unspecified atom stereocenters. The van der Waals surface area contributed by atoms with E-state index in [0.29, 0.717) is 0 Å². The average molecular weight is 167 g/mol. The van der Waals surface area contributed by atoms with Crippen LogP contribution in [0.4, 0.5) is 0 Å². The molecule has 0 aromatic heterocycles. The Hall–Kier alpha value is -0.480. The van der Waals surface area contributed by atoms with E-state index in [4.69, 9.17) is 9.79 Å². The molecule has 0 aromatic carbocycles. The number of primary amides is 1. The highest BCUT2D eigenvalue weighted by molar-refractivity contribution is 7.39. The third kappa shape index (κ3) is 25.8. The predicted octanol–water partition coefficient (Wildman–Crippen LogP) is -0.498.